The lowest BCUT2D eigenvalue weighted by atomic mass is 10.2. The molecule has 1 aromatic heterocycles. The van der Waals surface area contributed by atoms with Crippen LogP contribution >= 0.6 is 0 Å². The molecule has 0 unspecified atom stereocenters. The van der Waals surface area contributed by atoms with E-state index in [1.54, 1.807) is 48.6 Å². The molecule has 0 spiro atoms. The third kappa shape index (κ3) is 5.13. The van der Waals surface area contributed by atoms with Crippen LogP contribution in [0.5, 0.6) is 5.75 Å². The van der Waals surface area contributed by atoms with E-state index in [2.05, 4.69) is 0 Å². The van der Waals surface area contributed by atoms with Crippen molar-refractivity contribution in [2.24, 2.45) is 0 Å². The van der Waals surface area contributed by atoms with Crippen molar-refractivity contribution in [3.63, 3.8) is 0 Å². The minimum atomic E-state index is -1.08. The Morgan fingerprint density at radius 2 is 2.08 bits per heavy atom. The molecule has 0 atom stereocenters. The Bertz CT molecular complexity index is 667. The Morgan fingerprint density at radius 1 is 1.25 bits per heavy atom. The molecule has 0 fully saturated rings. The van der Waals surface area contributed by atoms with Crippen molar-refractivity contribution in [2.75, 3.05) is 26.9 Å². The number of amides is 1. The van der Waals surface area contributed by atoms with E-state index in [9.17, 15) is 9.59 Å². The molecule has 0 saturated carbocycles. The van der Waals surface area contributed by atoms with Crippen molar-refractivity contribution in [3.8, 4) is 5.75 Å². The van der Waals surface area contributed by atoms with E-state index in [0.29, 0.717) is 36.8 Å². The van der Waals surface area contributed by atoms with E-state index in [1.807, 2.05) is 0 Å². The quantitative estimate of drug-likeness (QED) is 0.755. The maximum Gasteiger partial charge on any atom is 0.341 e. The van der Waals surface area contributed by atoms with Crippen molar-refractivity contribution in [2.45, 2.75) is 6.54 Å². The van der Waals surface area contributed by atoms with Gasteiger partial charge >= 0.3 is 5.97 Å². The molecule has 1 amide bonds. The first kappa shape index (κ1) is 17.6. The molecular weight excluding hydrogens is 314 g/mol. The molecule has 0 aliphatic carbocycles. The SMILES string of the molecule is COCCN(Cc1ccco1)C(=O)c1cccc(OCC(=O)O)c1. The van der Waals surface area contributed by atoms with Crippen LogP contribution in [0.25, 0.3) is 0 Å². The first-order valence-corrected chi connectivity index (χ1v) is 7.35. The Kier molecular flexibility index (Phi) is 6.39. The highest BCUT2D eigenvalue weighted by Crippen LogP contribution is 2.16. The molecule has 1 N–H and O–H groups in total. The van der Waals surface area contributed by atoms with Crippen LogP contribution in [0.2, 0.25) is 0 Å². The van der Waals surface area contributed by atoms with Crippen molar-refractivity contribution in [3.05, 3.63) is 54.0 Å². The highest BCUT2D eigenvalue weighted by atomic mass is 16.5. The van der Waals surface area contributed by atoms with Gasteiger partial charge in [-0.05, 0) is 30.3 Å². The lowest BCUT2D eigenvalue weighted by Crippen LogP contribution is -2.33. The van der Waals surface area contributed by atoms with Gasteiger partial charge in [-0.3, -0.25) is 4.79 Å². The minimum Gasteiger partial charge on any atom is -0.482 e. The number of carboxylic acids is 1. The normalized spacial score (nSPS) is 10.4. The predicted octanol–water partition coefficient (Wildman–Crippen LogP) is 2.03. The molecule has 2 rings (SSSR count). The van der Waals surface area contributed by atoms with Crippen LogP contribution < -0.4 is 4.74 Å². The Labute approximate surface area is 139 Å². The van der Waals surface area contributed by atoms with Gasteiger partial charge < -0.3 is 23.9 Å². The fourth-order valence-corrected chi connectivity index (χ4v) is 2.09. The number of methoxy groups -OCH3 is 1. The van der Waals surface area contributed by atoms with Crippen LogP contribution in [0.4, 0.5) is 0 Å². The molecule has 0 bridgehead atoms. The number of rotatable bonds is 9. The van der Waals surface area contributed by atoms with E-state index in [0.717, 1.165) is 0 Å². The maximum absolute atomic E-state index is 12.7. The molecule has 1 aromatic carbocycles. The van der Waals surface area contributed by atoms with Gasteiger partial charge in [0.2, 0.25) is 0 Å². The van der Waals surface area contributed by atoms with E-state index in [-0.39, 0.29) is 5.91 Å². The van der Waals surface area contributed by atoms with Crippen molar-refractivity contribution in [1.29, 1.82) is 0 Å². The standard InChI is InChI=1S/C17H19NO6/c1-22-9-7-18(11-15-6-3-8-23-15)17(21)13-4-2-5-14(10-13)24-12-16(19)20/h2-6,8,10H,7,9,11-12H2,1H3,(H,19,20). The highest BCUT2D eigenvalue weighted by Gasteiger charge is 2.18. The number of carboxylic acid groups (broad SMARTS) is 1. The zero-order valence-corrected chi connectivity index (χ0v) is 13.3. The molecule has 0 saturated heterocycles. The molecule has 2 aromatic rings. The molecule has 1 heterocycles. The summed E-state index contributed by atoms with van der Waals surface area (Å²) in [6.07, 6.45) is 1.55. The van der Waals surface area contributed by atoms with E-state index >= 15 is 0 Å². The molecule has 0 aliphatic rings. The number of aliphatic carboxylic acids is 1. The summed E-state index contributed by atoms with van der Waals surface area (Å²) < 4.78 is 15.5. The fourth-order valence-electron chi connectivity index (χ4n) is 2.09. The Hall–Kier alpha value is -2.80. The Balaban J connectivity index is 2.12. The smallest absolute Gasteiger partial charge is 0.341 e. The van der Waals surface area contributed by atoms with Crippen molar-refractivity contribution < 1.29 is 28.6 Å². The summed E-state index contributed by atoms with van der Waals surface area (Å²) in [6, 6.07) is 9.97. The average molecular weight is 333 g/mol. The number of carbonyl (C=O) groups is 2. The molecule has 24 heavy (non-hydrogen) atoms. The van der Waals surface area contributed by atoms with E-state index < -0.39 is 12.6 Å². The van der Waals surface area contributed by atoms with Gasteiger partial charge in [0.25, 0.3) is 5.91 Å². The number of hydrogen-bond acceptors (Lipinski definition) is 5. The molecule has 7 nitrogen and oxygen atoms in total. The molecule has 128 valence electrons. The van der Waals surface area contributed by atoms with Crippen LogP contribution in [-0.2, 0) is 16.1 Å². The summed E-state index contributed by atoms with van der Waals surface area (Å²) in [5.74, 6) is -0.304. The monoisotopic (exact) mass is 333 g/mol. The maximum atomic E-state index is 12.7. The largest absolute Gasteiger partial charge is 0.482 e. The first-order chi connectivity index (χ1) is 11.6. The van der Waals surface area contributed by atoms with Gasteiger partial charge in [-0.25, -0.2) is 4.79 Å². The second-order valence-corrected chi connectivity index (χ2v) is 5.01. The highest BCUT2D eigenvalue weighted by molar-refractivity contribution is 5.94. The topological polar surface area (TPSA) is 89.2 Å². The van der Waals surface area contributed by atoms with Gasteiger partial charge in [0, 0.05) is 19.2 Å². The second-order valence-electron chi connectivity index (χ2n) is 5.01. The number of carbonyl (C=O) groups excluding carboxylic acids is 1. The summed E-state index contributed by atoms with van der Waals surface area (Å²) in [6.45, 7) is 0.644. The summed E-state index contributed by atoms with van der Waals surface area (Å²) in [4.78, 5) is 24.9. The lowest BCUT2D eigenvalue weighted by molar-refractivity contribution is -0.139. The van der Waals surface area contributed by atoms with Crippen LogP contribution in [0, 0.1) is 0 Å². The summed E-state index contributed by atoms with van der Waals surface area (Å²) in [7, 11) is 1.57. The third-order valence-electron chi connectivity index (χ3n) is 3.22. The Morgan fingerprint density at radius 3 is 2.75 bits per heavy atom. The van der Waals surface area contributed by atoms with Crippen LogP contribution in [0.3, 0.4) is 0 Å². The predicted molar refractivity (Wildman–Crippen MR) is 84.9 cm³/mol. The van der Waals surface area contributed by atoms with Gasteiger partial charge in [0.15, 0.2) is 6.61 Å². The number of ether oxygens (including phenoxy) is 2. The van der Waals surface area contributed by atoms with E-state index in [4.69, 9.17) is 19.0 Å². The molecule has 0 aliphatic heterocycles. The van der Waals surface area contributed by atoms with Gasteiger partial charge in [0.1, 0.15) is 11.5 Å². The molecular formula is C17H19NO6. The first-order valence-electron chi connectivity index (χ1n) is 7.35. The fraction of sp³-hybridized carbons (Fsp3) is 0.294. The van der Waals surface area contributed by atoms with Gasteiger partial charge in [-0.2, -0.15) is 0 Å². The summed E-state index contributed by atoms with van der Waals surface area (Å²) in [5.41, 5.74) is 0.403. The lowest BCUT2D eigenvalue weighted by Gasteiger charge is -2.21. The summed E-state index contributed by atoms with van der Waals surface area (Å²) >= 11 is 0. The van der Waals surface area contributed by atoms with Crippen molar-refractivity contribution in [1.82, 2.24) is 4.90 Å². The van der Waals surface area contributed by atoms with Crippen LogP contribution in [0.1, 0.15) is 16.1 Å². The zero-order chi connectivity index (χ0) is 17.4. The third-order valence-corrected chi connectivity index (χ3v) is 3.22. The zero-order valence-electron chi connectivity index (χ0n) is 13.3. The van der Waals surface area contributed by atoms with Gasteiger partial charge in [0.05, 0.1) is 19.4 Å². The van der Waals surface area contributed by atoms with Crippen LogP contribution in [0.15, 0.2) is 47.1 Å². The number of nitrogens with zero attached hydrogens (tertiary/aromatic N) is 1. The van der Waals surface area contributed by atoms with Gasteiger partial charge in [-0.15, -0.1) is 0 Å². The van der Waals surface area contributed by atoms with Gasteiger partial charge in [-0.1, -0.05) is 6.07 Å². The molecule has 7 heteroatoms. The second kappa shape index (κ2) is 8.73. The van der Waals surface area contributed by atoms with Crippen molar-refractivity contribution >= 4 is 11.9 Å². The number of hydrogen-bond donors (Lipinski definition) is 1. The number of benzene rings is 1. The van der Waals surface area contributed by atoms with Crippen LogP contribution in [-0.4, -0.2) is 48.8 Å². The average Bonchev–Trinajstić information content (AvgIpc) is 3.09. The minimum absolute atomic E-state index is 0.218. The molecule has 0 radical (unpaired) electrons. The van der Waals surface area contributed by atoms with E-state index in [1.165, 1.54) is 6.07 Å². The summed E-state index contributed by atoms with van der Waals surface area (Å²) in [5, 5.41) is 8.66. The number of furan rings is 1.